The van der Waals surface area contributed by atoms with Crippen molar-refractivity contribution in [2.75, 3.05) is 0 Å². The van der Waals surface area contributed by atoms with Gasteiger partial charge in [0.25, 0.3) is 10.1 Å². The molecule has 24 heavy (non-hydrogen) atoms. The van der Waals surface area contributed by atoms with Gasteiger partial charge in [0.05, 0.1) is 4.90 Å². The van der Waals surface area contributed by atoms with Gasteiger partial charge in [0.2, 0.25) is 0 Å². The molecule has 0 saturated heterocycles. The summed E-state index contributed by atoms with van der Waals surface area (Å²) in [7, 11) is -4.02. The molecule has 0 heterocycles. The second kappa shape index (κ2) is 7.06. The summed E-state index contributed by atoms with van der Waals surface area (Å²) >= 11 is 1.59. The molecule has 3 unspecified atom stereocenters. The van der Waals surface area contributed by atoms with Gasteiger partial charge in [0.1, 0.15) is 0 Å². The minimum atomic E-state index is -4.02. The molecule has 2 aliphatic carbocycles. The number of hydrogen-bond donors (Lipinski definition) is 3. The lowest BCUT2D eigenvalue weighted by atomic mass is 9.82. The van der Waals surface area contributed by atoms with Crippen molar-refractivity contribution in [3.63, 3.8) is 0 Å². The molecule has 0 amide bonds. The van der Waals surface area contributed by atoms with E-state index in [0.717, 1.165) is 17.4 Å². The average Bonchev–Trinajstić information content (AvgIpc) is 2.86. The number of thioether (sulfide) groups is 1. The third-order valence-electron chi connectivity index (χ3n) is 5.40. The molecule has 5 nitrogen and oxygen atoms in total. The molecule has 2 bridgehead atoms. The predicted octanol–water partition coefficient (Wildman–Crippen LogP) is 3.68. The summed E-state index contributed by atoms with van der Waals surface area (Å²) in [5.74, 6) is 1.68. The quantitative estimate of drug-likeness (QED) is 0.418. The average molecular weight is 371 g/mol. The molecule has 134 valence electrons. The predicted molar refractivity (Wildman–Crippen MR) is 98.9 cm³/mol. The number of benzene rings is 1. The van der Waals surface area contributed by atoms with Crippen molar-refractivity contribution in [3.8, 4) is 0 Å². The lowest BCUT2D eigenvalue weighted by molar-refractivity contribution is 0.261. The van der Waals surface area contributed by atoms with Crippen LogP contribution in [0.25, 0.3) is 0 Å². The zero-order valence-electron chi connectivity index (χ0n) is 14.3. The van der Waals surface area contributed by atoms with E-state index in [1.54, 1.807) is 23.9 Å². The molecule has 1 aromatic carbocycles. The van der Waals surface area contributed by atoms with Gasteiger partial charge >= 0.3 is 0 Å². The van der Waals surface area contributed by atoms with Crippen molar-refractivity contribution < 1.29 is 13.0 Å². The van der Waals surface area contributed by atoms with Crippen LogP contribution in [0.2, 0.25) is 0 Å². The number of nitrogens with two attached hydrogens (primary N) is 1. The third kappa shape index (κ3) is 4.32. The highest BCUT2D eigenvalue weighted by atomic mass is 32.2. The van der Waals surface area contributed by atoms with Gasteiger partial charge in [-0.1, -0.05) is 43.3 Å². The Hall–Kier alpha value is -1.05. The topological polar surface area (TPSA) is 104 Å². The number of nitrogens with one attached hydrogen (secondary N) is 1. The lowest BCUT2D eigenvalue weighted by Gasteiger charge is -2.25. The Morgan fingerprint density at radius 1 is 1.29 bits per heavy atom. The highest BCUT2D eigenvalue weighted by Crippen LogP contribution is 2.60. The van der Waals surface area contributed by atoms with Gasteiger partial charge < -0.3 is 5.73 Å². The third-order valence-corrected chi connectivity index (χ3v) is 7.34. The van der Waals surface area contributed by atoms with Crippen molar-refractivity contribution in [1.82, 2.24) is 0 Å². The highest BCUT2D eigenvalue weighted by molar-refractivity contribution is 8.14. The van der Waals surface area contributed by atoms with E-state index in [4.69, 9.17) is 15.7 Å². The standard InChI is InChI=1S/C10H18N2S.C7H8O3S/c1-10(2)6-3-4-7(10)8(5-6)13-9(11)12;1-6-2-4-7(5-3-6)11(8,9)10/h6-8H,3-5H2,1-2H3,(H3,11,12);2-5H,1H3,(H,8,9,10). The van der Waals surface area contributed by atoms with Gasteiger partial charge in [-0.25, -0.2) is 0 Å². The van der Waals surface area contributed by atoms with Crippen LogP contribution in [-0.2, 0) is 10.1 Å². The van der Waals surface area contributed by atoms with Crippen LogP contribution in [0.3, 0.4) is 0 Å². The smallest absolute Gasteiger partial charge is 0.294 e. The Morgan fingerprint density at radius 3 is 2.25 bits per heavy atom. The first-order valence-electron chi connectivity index (χ1n) is 8.06. The van der Waals surface area contributed by atoms with Crippen LogP contribution in [0.4, 0.5) is 0 Å². The molecule has 0 spiro atoms. The Balaban J connectivity index is 0.000000177. The van der Waals surface area contributed by atoms with Gasteiger partial charge in [0.15, 0.2) is 5.17 Å². The maximum atomic E-state index is 10.5. The molecule has 0 radical (unpaired) electrons. The number of aryl methyl sites for hydroxylation is 1. The Bertz CT molecular complexity index is 699. The van der Waals surface area contributed by atoms with Crippen LogP contribution in [0.5, 0.6) is 0 Å². The Kier molecular flexibility index (Phi) is 5.67. The number of hydrogen-bond acceptors (Lipinski definition) is 4. The Morgan fingerprint density at radius 2 is 1.88 bits per heavy atom. The van der Waals surface area contributed by atoms with Crippen LogP contribution in [0.1, 0.15) is 38.7 Å². The molecule has 2 saturated carbocycles. The molecular formula is C17H26N2O3S2. The molecule has 1 aromatic rings. The largest absolute Gasteiger partial charge is 0.379 e. The van der Waals surface area contributed by atoms with E-state index in [9.17, 15) is 8.42 Å². The summed E-state index contributed by atoms with van der Waals surface area (Å²) in [6.07, 6.45) is 4.02. The van der Waals surface area contributed by atoms with E-state index >= 15 is 0 Å². The minimum Gasteiger partial charge on any atom is -0.379 e. The monoisotopic (exact) mass is 370 g/mol. The van der Waals surface area contributed by atoms with Crippen LogP contribution < -0.4 is 5.73 Å². The van der Waals surface area contributed by atoms with Gasteiger partial charge in [-0.05, 0) is 55.6 Å². The van der Waals surface area contributed by atoms with Crippen molar-refractivity contribution in [1.29, 1.82) is 5.41 Å². The molecule has 0 aromatic heterocycles. The molecule has 2 aliphatic rings. The maximum absolute atomic E-state index is 10.5. The highest BCUT2D eigenvalue weighted by Gasteiger charge is 2.53. The zero-order chi connectivity index (χ0) is 18.1. The van der Waals surface area contributed by atoms with E-state index in [1.165, 1.54) is 31.4 Å². The fourth-order valence-corrected chi connectivity index (χ4v) is 5.75. The lowest BCUT2D eigenvalue weighted by Crippen LogP contribution is -2.23. The van der Waals surface area contributed by atoms with Crippen molar-refractivity contribution in [3.05, 3.63) is 29.8 Å². The number of rotatable bonds is 2. The fourth-order valence-electron chi connectivity index (χ4n) is 3.96. The number of fused-ring (bicyclic) bond motifs is 2. The van der Waals surface area contributed by atoms with Crippen molar-refractivity contribution >= 4 is 27.0 Å². The van der Waals surface area contributed by atoms with Crippen molar-refractivity contribution in [2.24, 2.45) is 23.0 Å². The summed E-state index contributed by atoms with van der Waals surface area (Å²) in [5, 5.41) is 8.24. The van der Waals surface area contributed by atoms with E-state index in [0.29, 0.717) is 15.8 Å². The van der Waals surface area contributed by atoms with E-state index in [-0.39, 0.29) is 4.90 Å². The first-order chi connectivity index (χ1) is 11.0. The Labute approximate surface area is 148 Å². The first kappa shape index (κ1) is 19.3. The van der Waals surface area contributed by atoms with Crippen molar-refractivity contribution in [2.45, 2.75) is 50.2 Å². The van der Waals surface area contributed by atoms with Gasteiger partial charge in [-0.3, -0.25) is 9.96 Å². The van der Waals surface area contributed by atoms with Gasteiger partial charge in [-0.2, -0.15) is 8.42 Å². The number of amidine groups is 1. The van der Waals surface area contributed by atoms with Crippen LogP contribution in [0, 0.1) is 29.6 Å². The normalized spacial score (nSPS) is 27.4. The van der Waals surface area contributed by atoms with E-state index in [1.807, 2.05) is 6.92 Å². The molecule has 2 fully saturated rings. The van der Waals surface area contributed by atoms with Crippen LogP contribution >= 0.6 is 11.8 Å². The second-order valence-electron chi connectivity index (χ2n) is 7.25. The molecule has 3 rings (SSSR count). The molecule has 7 heteroatoms. The zero-order valence-corrected chi connectivity index (χ0v) is 16.0. The van der Waals surface area contributed by atoms with Gasteiger partial charge in [0, 0.05) is 5.25 Å². The van der Waals surface area contributed by atoms with Crippen LogP contribution in [-0.4, -0.2) is 23.4 Å². The summed E-state index contributed by atoms with van der Waals surface area (Å²) in [6, 6.07) is 5.99. The molecule has 3 atom stereocenters. The first-order valence-corrected chi connectivity index (χ1v) is 10.4. The van der Waals surface area contributed by atoms with E-state index in [2.05, 4.69) is 13.8 Å². The maximum Gasteiger partial charge on any atom is 0.294 e. The SMILES string of the molecule is CC1(C)C2CCC1C(SC(=N)N)C2.Cc1ccc(S(=O)(=O)O)cc1. The van der Waals surface area contributed by atoms with E-state index < -0.39 is 10.1 Å². The van der Waals surface area contributed by atoms with Crippen LogP contribution in [0.15, 0.2) is 29.2 Å². The summed E-state index contributed by atoms with van der Waals surface area (Å²) in [5.41, 5.74) is 6.90. The summed E-state index contributed by atoms with van der Waals surface area (Å²) in [6.45, 7) is 6.61. The van der Waals surface area contributed by atoms with Gasteiger partial charge in [-0.15, -0.1) is 0 Å². The molecule has 4 N–H and O–H groups in total. The second-order valence-corrected chi connectivity index (χ2v) is 9.95. The molecular weight excluding hydrogens is 344 g/mol. The summed E-state index contributed by atoms with van der Waals surface area (Å²) in [4.78, 5) is -0.0666. The molecule has 0 aliphatic heterocycles. The fraction of sp³-hybridized carbons (Fsp3) is 0.588. The minimum absolute atomic E-state index is 0.0666. The summed E-state index contributed by atoms with van der Waals surface area (Å²) < 4.78 is 29.6.